The second kappa shape index (κ2) is 4.67. The lowest BCUT2D eigenvalue weighted by Gasteiger charge is -2.46. The Labute approximate surface area is 112 Å². The van der Waals surface area contributed by atoms with E-state index in [0.717, 1.165) is 25.7 Å². The zero-order valence-electron chi connectivity index (χ0n) is 10.3. The Kier molecular flexibility index (Phi) is 3.16. The van der Waals surface area contributed by atoms with Crippen molar-refractivity contribution in [1.29, 1.82) is 0 Å². The molecule has 2 aliphatic rings. The van der Waals surface area contributed by atoms with Crippen LogP contribution in [0.25, 0.3) is 0 Å². The Morgan fingerprint density at radius 3 is 2.78 bits per heavy atom. The minimum atomic E-state index is 0.0137. The van der Waals surface area contributed by atoms with Gasteiger partial charge in [-0.3, -0.25) is 4.79 Å². The van der Waals surface area contributed by atoms with Crippen LogP contribution in [0.1, 0.15) is 42.5 Å². The van der Waals surface area contributed by atoms with Gasteiger partial charge >= 0.3 is 0 Å². The Hall–Kier alpha value is -0.860. The molecule has 1 saturated carbocycles. The Bertz CT molecular complexity index is 465. The third kappa shape index (κ3) is 2.08. The van der Waals surface area contributed by atoms with Gasteiger partial charge in [-0.05, 0) is 44.2 Å². The largest absolute Gasteiger partial charge is 0.375 e. The molecule has 1 aromatic rings. The average molecular weight is 265 g/mol. The first-order valence-corrected chi connectivity index (χ1v) is 7.01. The van der Waals surface area contributed by atoms with Crippen LogP contribution in [0.2, 0.25) is 5.02 Å². The zero-order valence-corrected chi connectivity index (χ0v) is 11.1. The summed E-state index contributed by atoms with van der Waals surface area (Å²) in [7, 11) is 0. The molecule has 1 atom stereocenters. The summed E-state index contributed by atoms with van der Waals surface area (Å²) in [6.07, 6.45) is 5.15. The first kappa shape index (κ1) is 12.2. The molecule has 2 nitrogen and oxygen atoms in total. The zero-order chi connectivity index (χ0) is 12.6. The smallest absolute Gasteiger partial charge is 0.167 e. The predicted molar refractivity (Wildman–Crippen MR) is 71.0 cm³/mol. The third-order valence-electron chi connectivity index (χ3n) is 4.27. The van der Waals surface area contributed by atoms with Gasteiger partial charge in [-0.25, -0.2) is 0 Å². The monoisotopic (exact) mass is 264 g/mol. The van der Waals surface area contributed by atoms with E-state index in [4.69, 9.17) is 16.3 Å². The highest BCUT2D eigenvalue weighted by molar-refractivity contribution is 6.34. The molecule has 2 fully saturated rings. The van der Waals surface area contributed by atoms with Gasteiger partial charge in [0, 0.05) is 18.1 Å². The fourth-order valence-electron chi connectivity index (χ4n) is 3.05. The summed E-state index contributed by atoms with van der Waals surface area (Å²) in [5.41, 5.74) is 0.681. The van der Waals surface area contributed by atoms with E-state index in [1.54, 1.807) is 6.07 Å². The van der Waals surface area contributed by atoms with Crippen LogP contribution in [0.4, 0.5) is 0 Å². The van der Waals surface area contributed by atoms with Gasteiger partial charge in [0.1, 0.15) is 0 Å². The molecule has 3 rings (SSSR count). The number of carbonyl (C=O) groups excluding carboxylic acids is 1. The average Bonchev–Trinajstić information content (AvgIpc) is 2.37. The van der Waals surface area contributed by atoms with Crippen LogP contribution in [-0.4, -0.2) is 18.0 Å². The Balaban J connectivity index is 1.78. The van der Waals surface area contributed by atoms with Gasteiger partial charge in [0.2, 0.25) is 0 Å². The number of rotatable bonds is 2. The van der Waals surface area contributed by atoms with Crippen molar-refractivity contribution in [2.75, 3.05) is 6.61 Å². The maximum Gasteiger partial charge on any atom is 0.167 e. The molecule has 1 saturated heterocycles. The molecule has 0 amide bonds. The highest BCUT2D eigenvalue weighted by Crippen LogP contribution is 2.45. The minimum Gasteiger partial charge on any atom is -0.375 e. The van der Waals surface area contributed by atoms with E-state index in [0.29, 0.717) is 17.2 Å². The molecule has 96 valence electrons. The Morgan fingerprint density at radius 2 is 2.11 bits per heavy atom. The van der Waals surface area contributed by atoms with Crippen molar-refractivity contribution in [2.24, 2.45) is 5.92 Å². The number of Topliss-reactive ketones (excluding diaryl/α,β-unsaturated/α-hetero) is 1. The molecular formula is C15H17ClO2. The molecular weight excluding hydrogens is 248 g/mol. The van der Waals surface area contributed by atoms with E-state index in [1.165, 1.54) is 6.42 Å². The third-order valence-corrected chi connectivity index (χ3v) is 4.60. The van der Waals surface area contributed by atoms with Crippen LogP contribution in [0.15, 0.2) is 24.3 Å². The normalized spacial score (nSPS) is 25.7. The van der Waals surface area contributed by atoms with Gasteiger partial charge < -0.3 is 4.74 Å². The molecule has 1 spiro atoms. The maximum absolute atomic E-state index is 12.5. The van der Waals surface area contributed by atoms with Gasteiger partial charge in [0.15, 0.2) is 5.78 Å². The molecule has 3 heteroatoms. The molecule has 0 N–H and O–H groups in total. The second-order valence-corrected chi connectivity index (χ2v) is 5.83. The standard InChI is InChI=1S/C15H17ClO2/c16-13-5-2-1-4-12(13)14(17)11-6-9-18-15(10-11)7-3-8-15/h1-2,4-5,11H,3,6-10H2. The fraction of sp³-hybridized carbons (Fsp3) is 0.533. The van der Waals surface area contributed by atoms with E-state index in [-0.39, 0.29) is 17.3 Å². The van der Waals surface area contributed by atoms with Crippen molar-refractivity contribution >= 4 is 17.4 Å². The summed E-state index contributed by atoms with van der Waals surface area (Å²) in [6.45, 7) is 0.709. The molecule has 18 heavy (non-hydrogen) atoms. The van der Waals surface area contributed by atoms with Crippen LogP contribution < -0.4 is 0 Å². The van der Waals surface area contributed by atoms with Crippen LogP contribution in [0.5, 0.6) is 0 Å². The summed E-state index contributed by atoms with van der Waals surface area (Å²) >= 11 is 6.11. The molecule has 0 radical (unpaired) electrons. The lowest BCUT2D eigenvalue weighted by Crippen LogP contribution is -2.47. The van der Waals surface area contributed by atoms with Gasteiger partial charge in [-0.2, -0.15) is 0 Å². The van der Waals surface area contributed by atoms with E-state index < -0.39 is 0 Å². The van der Waals surface area contributed by atoms with Crippen LogP contribution >= 0.6 is 11.6 Å². The molecule has 1 aliphatic carbocycles. The first-order valence-electron chi connectivity index (χ1n) is 6.63. The van der Waals surface area contributed by atoms with E-state index in [9.17, 15) is 4.79 Å². The fourth-order valence-corrected chi connectivity index (χ4v) is 3.28. The summed E-state index contributed by atoms with van der Waals surface area (Å²) in [4.78, 5) is 12.5. The maximum atomic E-state index is 12.5. The van der Waals surface area contributed by atoms with Crippen LogP contribution in [0.3, 0.4) is 0 Å². The van der Waals surface area contributed by atoms with Crippen molar-refractivity contribution < 1.29 is 9.53 Å². The number of carbonyl (C=O) groups is 1. The van der Waals surface area contributed by atoms with Gasteiger partial charge in [-0.1, -0.05) is 23.7 Å². The van der Waals surface area contributed by atoms with Crippen molar-refractivity contribution in [3.05, 3.63) is 34.9 Å². The summed E-state index contributed by atoms with van der Waals surface area (Å²) in [6, 6.07) is 7.34. The summed E-state index contributed by atoms with van der Waals surface area (Å²) < 4.78 is 5.86. The van der Waals surface area contributed by atoms with Crippen molar-refractivity contribution in [1.82, 2.24) is 0 Å². The number of hydrogen-bond acceptors (Lipinski definition) is 2. The van der Waals surface area contributed by atoms with E-state index >= 15 is 0 Å². The number of ketones is 1. The lowest BCUT2D eigenvalue weighted by atomic mass is 9.70. The van der Waals surface area contributed by atoms with Gasteiger partial charge in [-0.15, -0.1) is 0 Å². The molecule has 1 aromatic carbocycles. The van der Waals surface area contributed by atoms with Crippen LogP contribution in [0, 0.1) is 5.92 Å². The number of halogens is 1. The number of ether oxygens (including phenoxy) is 1. The summed E-state index contributed by atoms with van der Waals surface area (Å²) in [5, 5.41) is 0.566. The lowest BCUT2D eigenvalue weighted by molar-refractivity contribution is -0.137. The Morgan fingerprint density at radius 1 is 1.33 bits per heavy atom. The van der Waals surface area contributed by atoms with Gasteiger partial charge in [0.05, 0.1) is 10.6 Å². The number of benzene rings is 1. The van der Waals surface area contributed by atoms with Crippen molar-refractivity contribution in [3.63, 3.8) is 0 Å². The first-order chi connectivity index (χ1) is 8.70. The van der Waals surface area contributed by atoms with Crippen LogP contribution in [-0.2, 0) is 4.74 Å². The second-order valence-electron chi connectivity index (χ2n) is 5.42. The topological polar surface area (TPSA) is 26.3 Å². The molecule has 1 aliphatic heterocycles. The SMILES string of the molecule is O=C(c1ccccc1Cl)C1CCOC2(CCC2)C1. The van der Waals surface area contributed by atoms with Gasteiger partial charge in [0.25, 0.3) is 0 Å². The highest BCUT2D eigenvalue weighted by atomic mass is 35.5. The quantitative estimate of drug-likeness (QED) is 0.758. The molecule has 1 unspecified atom stereocenters. The van der Waals surface area contributed by atoms with Crippen molar-refractivity contribution in [3.8, 4) is 0 Å². The number of hydrogen-bond donors (Lipinski definition) is 0. The predicted octanol–water partition coefficient (Wildman–Crippen LogP) is 3.87. The summed E-state index contributed by atoms with van der Waals surface area (Å²) in [5.74, 6) is 0.272. The van der Waals surface area contributed by atoms with E-state index in [2.05, 4.69) is 0 Å². The minimum absolute atomic E-state index is 0.0137. The van der Waals surface area contributed by atoms with Crippen molar-refractivity contribution in [2.45, 2.75) is 37.7 Å². The molecule has 0 aromatic heterocycles. The van der Waals surface area contributed by atoms with E-state index in [1.807, 2.05) is 18.2 Å². The highest BCUT2D eigenvalue weighted by Gasteiger charge is 2.44. The molecule has 0 bridgehead atoms. The molecule has 1 heterocycles.